The van der Waals surface area contributed by atoms with Crippen LogP contribution in [0.15, 0.2) is 42.5 Å². The molecule has 1 heterocycles. The highest BCUT2D eigenvalue weighted by atomic mass is 19.1. The van der Waals surface area contributed by atoms with Crippen LogP contribution in [0.1, 0.15) is 10.4 Å². The number of anilines is 1. The number of carbonyl (C=O) groups excluding carboxylic acids is 2. The summed E-state index contributed by atoms with van der Waals surface area (Å²) in [6.45, 7) is 1.93. The van der Waals surface area contributed by atoms with Crippen molar-refractivity contribution >= 4 is 17.6 Å². The lowest BCUT2D eigenvalue weighted by atomic mass is 10.2. The first-order chi connectivity index (χ1) is 14.0. The molecule has 0 bridgehead atoms. The van der Waals surface area contributed by atoms with Gasteiger partial charge in [-0.3, -0.25) is 4.79 Å². The summed E-state index contributed by atoms with van der Waals surface area (Å²) in [5.74, 6) is -0.231. The van der Waals surface area contributed by atoms with Crippen LogP contribution >= 0.6 is 0 Å². The van der Waals surface area contributed by atoms with Gasteiger partial charge in [0, 0.05) is 31.9 Å². The maximum Gasteiger partial charge on any atom is 0.338 e. The highest BCUT2D eigenvalue weighted by Gasteiger charge is 2.22. The number of esters is 1. The minimum Gasteiger partial charge on any atom is -0.493 e. The second kappa shape index (κ2) is 9.27. The normalized spacial score (nSPS) is 13.8. The molecule has 0 spiro atoms. The Balaban J connectivity index is 1.50. The lowest BCUT2D eigenvalue weighted by Crippen LogP contribution is -2.49. The summed E-state index contributed by atoms with van der Waals surface area (Å²) in [6.07, 6.45) is 0. The standard InChI is InChI=1S/C21H23FN2O5/c1-27-18-8-3-15(13-19(18)28-2)21(26)29-14-20(25)24-11-9-23(10-12-24)17-6-4-16(22)5-7-17/h3-8,13H,9-12,14H2,1-2H3. The van der Waals surface area contributed by atoms with Crippen LogP contribution in [-0.4, -0.2) is 63.8 Å². The number of carbonyl (C=O) groups is 2. The van der Waals surface area contributed by atoms with Gasteiger partial charge >= 0.3 is 5.97 Å². The number of nitrogens with zero attached hydrogens (tertiary/aromatic N) is 2. The van der Waals surface area contributed by atoms with E-state index in [4.69, 9.17) is 14.2 Å². The van der Waals surface area contributed by atoms with Gasteiger partial charge < -0.3 is 24.0 Å². The van der Waals surface area contributed by atoms with Gasteiger partial charge in [0.15, 0.2) is 18.1 Å². The summed E-state index contributed by atoms with van der Waals surface area (Å²) in [6, 6.07) is 10.9. The predicted molar refractivity (Wildman–Crippen MR) is 105 cm³/mol. The number of methoxy groups -OCH3 is 2. The molecule has 8 heteroatoms. The second-order valence-corrected chi connectivity index (χ2v) is 6.49. The van der Waals surface area contributed by atoms with Gasteiger partial charge in [-0.25, -0.2) is 9.18 Å². The van der Waals surface area contributed by atoms with Gasteiger partial charge in [0.25, 0.3) is 5.91 Å². The fraction of sp³-hybridized carbons (Fsp3) is 0.333. The molecule has 0 aromatic heterocycles. The summed E-state index contributed by atoms with van der Waals surface area (Å²) in [5, 5.41) is 0. The number of rotatable bonds is 6. The van der Waals surface area contributed by atoms with E-state index in [1.165, 1.54) is 32.4 Å². The molecule has 29 heavy (non-hydrogen) atoms. The molecule has 1 amide bonds. The van der Waals surface area contributed by atoms with Crippen molar-refractivity contribution in [1.82, 2.24) is 4.90 Å². The smallest absolute Gasteiger partial charge is 0.338 e. The Hall–Kier alpha value is -3.29. The molecule has 0 atom stereocenters. The largest absolute Gasteiger partial charge is 0.493 e. The number of halogens is 1. The van der Waals surface area contributed by atoms with Gasteiger partial charge in [0.2, 0.25) is 0 Å². The van der Waals surface area contributed by atoms with Gasteiger partial charge in [-0.15, -0.1) is 0 Å². The Morgan fingerprint density at radius 1 is 0.931 bits per heavy atom. The van der Waals surface area contributed by atoms with E-state index in [1.54, 1.807) is 29.2 Å². The van der Waals surface area contributed by atoms with E-state index < -0.39 is 5.97 Å². The minimum absolute atomic E-state index is 0.252. The maximum absolute atomic E-state index is 13.0. The first-order valence-electron chi connectivity index (χ1n) is 9.19. The van der Waals surface area contributed by atoms with Crippen LogP contribution in [0.5, 0.6) is 11.5 Å². The van der Waals surface area contributed by atoms with Crippen LogP contribution in [0.4, 0.5) is 10.1 Å². The van der Waals surface area contributed by atoms with Gasteiger partial charge in [0.1, 0.15) is 5.82 Å². The topological polar surface area (TPSA) is 68.3 Å². The Morgan fingerprint density at radius 2 is 1.59 bits per heavy atom. The van der Waals surface area contributed by atoms with Crippen LogP contribution in [0.3, 0.4) is 0 Å². The van der Waals surface area contributed by atoms with Gasteiger partial charge in [-0.05, 0) is 42.5 Å². The van der Waals surface area contributed by atoms with Crippen LogP contribution in [0.2, 0.25) is 0 Å². The first kappa shape index (κ1) is 20.4. The van der Waals surface area contributed by atoms with Crippen LogP contribution in [-0.2, 0) is 9.53 Å². The molecule has 3 rings (SSSR count). The molecular weight excluding hydrogens is 379 g/mol. The monoisotopic (exact) mass is 402 g/mol. The minimum atomic E-state index is -0.607. The van der Waals surface area contributed by atoms with E-state index in [0.717, 1.165) is 5.69 Å². The van der Waals surface area contributed by atoms with Gasteiger partial charge in [-0.1, -0.05) is 0 Å². The molecule has 0 N–H and O–H groups in total. The number of benzene rings is 2. The molecule has 1 aliphatic rings. The summed E-state index contributed by atoms with van der Waals surface area (Å²) in [7, 11) is 2.98. The average Bonchev–Trinajstić information content (AvgIpc) is 2.77. The van der Waals surface area contributed by atoms with Crippen molar-refractivity contribution in [2.75, 3.05) is 51.9 Å². The van der Waals surface area contributed by atoms with Crippen molar-refractivity contribution in [3.8, 4) is 11.5 Å². The van der Waals surface area contributed by atoms with Crippen molar-refractivity contribution in [3.63, 3.8) is 0 Å². The molecule has 1 fully saturated rings. The van der Waals surface area contributed by atoms with Crippen molar-refractivity contribution in [1.29, 1.82) is 0 Å². The van der Waals surface area contributed by atoms with E-state index >= 15 is 0 Å². The molecule has 0 unspecified atom stereocenters. The second-order valence-electron chi connectivity index (χ2n) is 6.49. The SMILES string of the molecule is COc1ccc(C(=O)OCC(=O)N2CCN(c3ccc(F)cc3)CC2)cc1OC. The van der Waals surface area contributed by atoms with E-state index in [1.807, 2.05) is 0 Å². The van der Waals surface area contributed by atoms with Crippen molar-refractivity contribution in [3.05, 3.63) is 53.8 Å². The molecule has 2 aromatic rings. The summed E-state index contributed by atoms with van der Waals surface area (Å²) in [5.41, 5.74) is 1.19. The van der Waals surface area contributed by atoms with Gasteiger partial charge in [0.05, 0.1) is 19.8 Å². The van der Waals surface area contributed by atoms with Crippen LogP contribution in [0.25, 0.3) is 0 Å². The number of hydrogen-bond donors (Lipinski definition) is 0. The molecular formula is C21H23FN2O5. The van der Waals surface area contributed by atoms with Crippen LogP contribution in [0, 0.1) is 5.82 Å². The molecule has 0 saturated carbocycles. The molecule has 1 saturated heterocycles. The van der Waals surface area contributed by atoms with E-state index in [2.05, 4.69) is 4.90 Å². The zero-order valence-electron chi connectivity index (χ0n) is 16.4. The van der Waals surface area contributed by atoms with E-state index in [0.29, 0.717) is 37.7 Å². The van der Waals surface area contributed by atoms with Crippen LogP contribution < -0.4 is 14.4 Å². The highest BCUT2D eigenvalue weighted by molar-refractivity contribution is 5.92. The third-order valence-corrected chi connectivity index (χ3v) is 4.77. The summed E-state index contributed by atoms with van der Waals surface area (Å²) >= 11 is 0. The number of amides is 1. The Bertz CT molecular complexity index is 864. The highest BCUT2D eigenvalue weighted by Crippen LogP contribution is 2.27. The first-order valence-corrected chi connectivity index (χ1v) is 9.19. The van der Waals surface area contributed by atoms with E-state index in [9.17, 15) is 14.0 Å². The molecule has 0 aliphatic carbocycles. The zero-order chi connectivity index (χ0) is 20.8. The maximum atomic E-state index is 13.0. The average molecular weight is 402 g/mol. The fourth-order valence-electron chi connectivity index (χ4n) is 3.13. The molecule has 154 valence electrons. The molecule has 2 aromatic carbocycles. The Labute approximate surface area is 168 Å². The summed E-state index contributed by atoms with van der Waals surface area (Å²) < 4.78 is 28.5. The van der Waals surface area contributed by atoms with Crippen molar-refractivity contribution < 1.29 is 28.2 Å². The predicted octanol–water partition coefficient (Wildman–Crippen LogP) is 2.35. The van der Waals surface area contributed by atoms with Crippen molar-refractivity contribution in [2.24, 2.45) is 0 Å². The zero-order valence-corrected chi connectivity index (χ0v) is 16.4. The third-order valence-electron chi connectivity index (χ3n) is 4.77. The molecule has 7 nitrogen and oxygen atoms in total. The molecule has 1 aliphatic heterocycles. The van der Waals surface area contributed by atoms with Crippen molar-refractivity contribution in [2.45, 2.75) is 0 Å². The fourth-order valence-corrected chi connectivity index (χ4v) is 3.13. The number of piperazine rings is 1. The number of ether oxygens (including phenoxy) is 3. The lowest BCUT2D eigenvalue weighted by Gasteiger charge is -2.36. The third kappa shape index (κ3) is 4.96. The number of hydrogen-bond acceptors (Lipinski definition) is 6. The quantitative estimate of drug-likeness (QED) is 0.691. The summed E-state index contributed by atoms with van der Waals surface area (Å²) in [4.78, 5) is 28.4. The lowest BCUT2D eigenvalue weighted by molar-refractivity contribution is -0.134. The Kier molecular flexibility index (Phi) is 6.54. The Morgan fingerprint density at radius 3 is 2.21 bits per heavy atom. The molecule has 0 radical (unpaired) electrons. The van der Waals surface area contributed by atoms with E-state index in [-0.39, 0.29) is 23.9 Å². The van der Waals surface area contributed by atoms with Gasteiger partial charge in [-0.2, -0.15) is 0 Å².